The minimum absolute atomic E-state index is 0.237. The molecule has 0 saturated carbocycles. The fourth-order valence-corrected chi connectivity index (χ4v) is 2.90. The van der Waals surface area contributed by atoms with Crippen molar-refractivity contribution in [3.63, 3.8) is 0 Å². The van der Waals surface area contributed by atoms with Gasteiger partial charge in [-0.25, -0.2) is 0 Å². The van der Waals surface area contributed by atoms with Crippen molar-refractivity contribution in [1.82, 2.24) is 5.32 Å². The van der Waals surface area contributed by atoms with Crippen LogP contribution in [0.4, 0.5) is 5.69 Å². The van der Waals surface area contributed by atoms with E-state index in [2.05, 4.69) is 10.6 Å². The summed E-state index contributed by atoms with van der Waals surface area (Å²) in [5, 5.41) is 13.7. The molecule has 2 amide bonds. The van der Waals surface area contributed by atoms with E-state index in [1.807, 2.05) is 18.2 Å². The minimum Gasteiger partial charge on any atom is -0.480 e. The van der Waals surface area contributed by atoms with Crippen molar-refractivity contribution in [3.8, 4) is 0 Å². The zero-order valence-corrected chi connectivity index (χ0v) is 14.6. The van der Waals surface area contributed by atoms with Gasteiger partial charge in [0.05, 0.1) is 6.61 Å². The summed E-state index contributed by atoms with van der Waals surface area (Å²) >= 11 is 0. The van der Waals surface area contributed by atoms with Gasteiger partial charge in [-0.15, -0.1) is 0 Å². The van der Waals surface area contributed by atoms with Gasteiger partial charge >= 0.3 is 5.97 Å². The predicted octanol–water partition coefficient (Wildman–Crippen LogP) is 2.26. The van der Waals surface area contributed by atoms with Crippen LogP contribution in [0, 0.1) is 0 Å². The van der Waals surface area contributed by atoms with Crippen LogP contribution in [-0.4, -0.2) is 42.6 Å². The molecule has 3 N–H and O–H groups in total. The second kappa shape index (κ2) is 8.46. The van der Waals surface area contributed by atoms with Crippen LogP contribution >= 0.6 is 0 Å². The van der Waals surface area contributed by atoms with Gasteiger partial charge in [0.25, 0.3) is 11.8 Å². The van der Waals surface area contributed by atoms with Gasteiger partial charge in [-0.3, -0.25) is 14.4 Å². The van der Waals surface area contributed by atoms with Crippen molar-refractivity contribution in [2.24, 2.45) is 0 Å². The lowest BCUT2D eigenvalue weighted by molar-refractivity contribution is -0.135. The summed E-state index contributed by atoms with van der Waals surface area (Å²) in [6.45, 7) is 0.976. The summed E-state index contributed by atoms with van der Waals surface area (Å²) in [5.41, 5.74) is 2.51. The molecule has 0 bridgehead atoms. The standard InChI is InChI=1S/C20H20N2O5/c23-18(24)11-21-19(25)13-4-6-17(7-5-13)22-20(26)15-3-1-2-14(10-15)16-8-9-27-12-16/h1-7,10,16H,8-9,11-12H2,(H,21,25)(H,22,26)(H,23,24). The molecule has 3 rings (SSSR count). The number of carbonyl (C=O) groups excluding carboxylic acids is 2. The molecule has 1 fully saturated rings. The molecule has 0 aromatic heterocycles. The number of ether oxygens (including phenoxy) is 1. The van der Waals surface area contributed by atoms with Crippen LogP contribution in [0.15, 0.2) is 48.5 Å². The van der Waals surface area contributed by atoms with Crippen LogP contribution in [0.1, 0.15) is 38.6 Å². The number of aliphatic carboxylic acids is 1. The van der Waals surface area contributed by atoms with E-state index in [-0.39, 0.29) is 5.91 Å². The third kappa shape index (κ3) is 4.92. The van der Waals surface area contributed by atoms with Crippen molar-refractivity contribution in [2.45, 2.75) is 12.3 Å². The van der Waals surface area contributed by atoms with Crippen LogP contribution in [0.5, 0.6) is 0 Å². The van der Waals surface area contributed by atoms with Crippen LogP contribution in [0.25, 0.3) is 0 Å². The van der Waals surface area contributed by atoms with Gasteiger partial charge in [-0.1, -0.05) is 12.1 Å². The number of carbonyl (C=O) groups is 3. The molecule has 2 aromatic carbocycles. The van der Waals surface area contributed by atoms with Crippen molar-refractivity contribution in [1.29, 1.82) is 0 Å². The summed E-state index contributed by atoms with van der Waals surface area (Å²) in [5.74, 6) is -1.51. The molecule has 27 heavy (non-hydrogen) atoms. The van der Waals surface area contributed by atoms with Crippen molar-refractivity contribution < 1.29 is 24.2 Å². The van der Waals surface area contributed by atoms with Crippen molar-refractivity contribution in [3.05, 3.63) is 65.2 Å². The Hall–Kier alpha value is -3.19. The second-order valence-corrected chi connectivity index (χ2v) is 6.29. The fraction of sp³-hybridized carbons (Fsp3) is 0.250. The summed E-state index contributed by atoms with van der Waals surface area (Å²) in [4.78, 5) is 34.8. The molecule has 1 unspecified atom stereocenters. The lowest BCUT2D eigenvalue weighted by Gasteiger charge is -2.11. The maximum absolute atomic E-state index is 12.5. The van der Waals surface area contributed by atoms with E-state index in [4.69, 9.17) is 9.84 Å². The summed E-state index contributed by atoms with van der Waals surface area (Å²) in [7, 11) is 0. The number of carboxylic acid groups (broad SMARTS) is 1. The van der Waals surface area contributed by atoms with E-state index >= 15 is 0 Å². The second-order valence-electron chi connectivity index (χ2n) is 6.29. The van der Waals surface area contributed by atoms with Crippen molar-refractivity contribution >= 4 is 23.5 Å². The van der Waals surface area contributed by atoms with Gasteiger partial charge in [0.2, 0.25) is 0 Å². The van der Waals surface area contributed by atoms with E-state index < -0.39 is 18.4 Å². The van der Waals surface area contributed by atoms with E-state index in [1.165, 1.54) is 12.1 Å². The van der Waals surface area contributed by atoms with Gasteiger partial charge in [0.15, 0.2) is 0 Å². The normalized spacial score (nSPS) is 15.9. The maximum Gasteiger partial charge on any atom is 0.322 e. The Morgan fingerprint density at radius 3 is 2.48 bits per heavy atom. The molecule has 1 aliphatic heterocycles. The SMILES string of the molecule is O=C(O)CNC(=O)c1ccc(NC(=O)c2cccc(C3CCOC3)c2)cc1. The molecule has 2 aromatic rings. The average molecular weight is 368 g/mol. The Balaban J connectivity index is 1.63. The molecule has 1 heterocycles. The maximum atomic E-state index is 12.5. The first-order chi connectivity index (χ1) is 13.0. The van der Waals surface area contributed by atoms with E-state index in [0.717, 1.165) is 18.6 Å². The largest absolute Gasteiger partial charge is 0.480 e. The number of rotatable bonds is 6. The number of hydrogen-bond donors (Lipinski definition) is 3. The highest BCUT2D eigenvalue weighted by Gasteiger charge is 2.19. The summed E-state index contributed by atoms with van der Waals surface area (Å²) < 4.78 is 5.40. The minimum atomic E-state index is -1.11. The highest BCUT2D eigenvalue weighted by atomic mass is 16.5. The van der Waals surface area contributed by atoms with Crippen molar-refractivity contribution in [2.75, 3.05) is 25.1 Å². The van der Waals surface area contributed by atoms with Gasteiger partial charge < -0.3 is 20.5 Å². The summed E-state index contributed by atoms with van der Waals surface area (Å²) in [6, 6.07) is 13.7. The Bertz CT molecular complexity index is 842. The first-order valence-corrected chi connectivity index (χ1v) is 8.62. The van der Waals surface area contributed by atoms with Crippen LogP contribution in [-0.2, 0) is 9.53 Å². The molecule has 7 nitrogen and oxygen atoms in total. The van der Waals surface area contributed by atoms with Crippen LogP contribution in [0.3, 0.4) is 0 Å². The van der Waals surface area contributed by atoms with Crippen LogP contribution < -0.4 is 10.6 Å². The number of hydrogen-bond acceptors (Lipinski definition) is 4. The Kier molecular flexibility index (Phi) is 5.83. The van der Waals surface area contributed by atoms with Gasteiger partial charge in [-0.2, -0.15) is 0 Å². The van der Waals surface area contributed by atoms with E-state index in [0.29, 0.717) is 29.3 Å². The average Bonchev–Trinajstić information content (AvgIpc) is 3.21. The molecule has 1 atom stereocenters. The third-order valence-electron chi connectivity index (χ3n) is 4.36. The first kappa shape index (κ1) is 18.6. The molecular formula is C20H20N2O5. The third-order valence-corrected chi connectivity index (χ3v) is 4.36. The van der Waals surface area contributed by atoms with Gasteiger partial charge in [0, 0.05) is 29.3 Å². The van der Waals surface area contributed by atoms with Crippen LogP contribution in [0.2, 0.25) is 0 Å². The Morgan fingerprint density at radius 2 is 1.81 bits per heavy atom. The highest BCUT2D eigenvalue weighted by molar-refractivity contribution is 6.04. The van der Waals surface area contributed by atoms with Gasteiger partial charge in [0.1, 0.15) is 6.54 Å². The summed E-state index contributed by atoms with van der Waals surface area (Å²) in [6.07, 6.45) is 0.955. The zero-order valence-electron chi connectivity index (χ0n) is 14.6. The number of benzene rings is 2. The number of carboxylic acids is 1. The number of anilines is 1. The van der Waals surface area contributed by atoms with Gasteiger partial charge in [-0.05, 0) is 48.4 Å². The van der Waals surface area contributed by atoms with E-state index in [9.17, 15) is 14.4 Å². The molecule has 0 aliphatic carbocycles. The molecule has 0 spiro atoms. The number of amides is 2. The smallest absolute Gasteiger partial charge is 0.322 e. The topological polar surface area (TPSA) is 105 Å². The predicted molar refractivity (Wildman–Crippen MR) is 99.0 cm³/mol. The first-order valence-electron chi connectivity index (χ1n) is 8.62. The number of nitrogens with one attached hydrogen (secondary N) is 2. The quantitative estimate of drug-likeness (QED) is 0.725. The monoisotopic (exact) mass is 368 g/mol. The lowest BCUT2D eigenvalue weighted by Crippen LogP contribution is -2.29. The molecule has 1 aliphatic rings. The lowest BCUT2D eigenvalue weighted by atomic mass is 9.96. The molecule has 0 radical (unpaired) electrons. The molecular weight excluding hydrogens is 348 g/mol. The Morgan fingerprint density at radius 1 is 1.04 bits per heavy atom. The molecule has 140 valence electrons. The Labute approximate surface area is 156 Å². The zero-order chi connectivity index (χ0) is 19.2. The van der Waals surface area contributed by atoms with E-state index in [1.54, 1.807) is 18.2 Å². The highest BCUT2D eigenvalue weighted by Crippen LogP contribution is 2.26. The molecule has 1 saturated heterocycles. The fourth-order valence-electron chi connectivity index (χ4n) is 2.90. The molecule has 7 heteroatoms.